The van der Waals surface area contributed by atoms with Gasteiger partial charge >= 0.3 is 0 Å². The Morgan fingerprint density at radius 3 is 2.40 bits per heavy atom. The van der Waals surface area contributed by atoms with Crippen molar-refractivity contribution in [2.24, 2.45) is 0 Å². The molecule has 9 heteroatoms. The number of rotatable bonds is 2. The molecule has 238 valence electrons. The molecule has 0 aliphatic carbocycles. The van der Waals surface area contributed by atoms with Gasteiger partial charge in [0, 0.05) is 31.4 Å². The van der Waals surface area contributed by atoms with E-state index in [2.05, 4.69) is 59.6 Å². The van der Waals surface area contributed by atoms with Gasteiger partial charge in [0.1, 0.15) is 24.2 Å². The monoisotopic (exact) mass is 597 g/mol. The molecule has 0 bridgehead atoms. The second kappa shape index (κ2) is 20.5. The number of likely N-dealkylation sites (tertiary alicyclic amines) is 1. The van der Waals surface area contributed by atoms with Crippen LogP contribution >= 0.6 is 0 Å². The van der Waals surface area contributed by atoms with Gasteiger partial charge in [-0.3, -0.25) is 9.59 Å². The quantitative estimate of drug-likeness (QED) is 0.412. The summed E-state index contributed by atoms with van der Waals surface area (Å²) in [5.41, 5.74) is 2.81. The largest absolute Gasteiger partial charge is 0.492 e. The van der Waals surface area contributed by atoms with Crippen molar-refractivity contribution >= 4 is 11.8 Å². The SMILES string of the molecule is C=C1CN[C@@H](C)COc2ccccc2CCCNC(=O)C(CN2CCCC2)NC(=O)CN1.CCC.Cc1cccc(F)c1. The summed E-state index contributed by atoms with van der Waals surface area (Å²) in [6.07, 6.45) is 5.13. The van der Waals surface area contributed by atoms with Gasteiger partial charge in [-0.25, -0.2) is 4.39 Å². The Kier molecular flexibility index (Phi) is 17.0. The van der Waals surface area contributed by atoms with Gasteiger partial charge in [-0.1, -0.05) is 57.2 Å². The van der Waals surface area contributed by atoms with Gasteiger partial charge in [-0.2, -0.15) is 0 Å². The first-order valence-corrected chi connectivity index (χ1v) is 15.6. The number of halogens is 1. The molecule has 0 saturated carbocycles. The van der Waals surface area contributed by atoms with Crippen LogP contribution in [0.25, 0.3) is 0 Å². The molecule has 2 heterocycles. The summed E-state index contributed by atoms with van der Waals surface area (Å²) < 4.78 is 18.2. The summed E-state index contributed by atoms with van der Waals surface area (Å²) in [5.74, 6) is 0.372. The van der Waals surface area contributed by atoms with Crippen molar-refractivity contribution < 1.29 is 18.7 Å². The molecule has 1 fully saturated rings. The zero-order valence-corrected chi connectivity index (χ0v) is 26.5. The van der Waals surface area contributed by atoms with Crippen LogP contribution in [-0.2, 0) is 16.0 Å². The lowest BCUT2D eigenvalue weighted by Crippen LogP contribution is -2.54. The molecule has 43 heavy (non-hydrogen) atoms. The average molecular weight is 598 g/mol. The van der Waals surface area contributed by atoms with Crippen molar-refractivity contribution in [2.45, 2.75) is 71.9 Å². The summed E-state index contributed by atoms with van der Waals surface area (Å²) in [5, 5.41) is 12.3. The number of nitrogens with one attached hydrogen (secondary N) is 4. The van der Waals surface area contributed by atoms with Crippen LogP contribution in [0.5, 0.6) is 5.75 Å². The Labute approximate surface area is 257 Å². The van der Waals surface area contributed by atoms with Gasteiger partial charge in [0.2, 0.25) is 11.8 Å². The van der Waals surface area contributed by atoms with E-state index >= 15 is 0 Å². The van der Waals surface area contributed by atoms with E-state index in [1.807, 2.05) is 31.2 Å². The van der Waals surface area contributed by atoms with Gasteiger partial charge in [-0.05, 0) is 81.9 Å². The molecule has 2 amide bonds. The number of para-hydroxylation sites is 1. The van der Waals surface area contributed by atoms with Crippen LogP contribution in [0.3, 0.4) is 0 Å². The highest BCUT2D eigenvalue weighted by Gasteiger charge is 2.25. The molecule has 1 unspecified atom stereocenters. The molecule has 4 N–H and O–H groups in total. The molecular weight excluding hydrogens is 545 g/mol. The Hall–Kier alpha value is -3.43. The molecule has 2 aromatic carbocycles. The second-order valence-electron chi connectivity index (χ2n) is 11.2. The van der Waals surface area contributed by atoms with Crippen LogP contribution in [-0.4, -0.2) is 74.7 Å². The molecule has 8 nitrogen and oxygen atoms in total. The maximum Gasteiger partial charge on any atom is 0.243 e. The van der Waals surface area contributed by atoms with E-state index < -0.39 is 6.04 Å². The first kappa shape index (κ1) is 35.8. The van der Waals surface area contributed by atoms with E-state index in [4.69, 9.17) is 4.74 Å². The number of hydrogen-bond donors (Lipinski definition) is 4. The van der Waals surface area contributed by atoms with E-state index in [-0.39, 0.29) is 30.2 Å². The molecular formula is C34H52FN5O3. The fourth-order valence-corrected chi connectivity index (χ4v) is 4.57. The van der Waals surface area contributed by atoms with Gasteiger partial charge in [0.15, 0.2) is 0 Å². The van der Waals surface area contributed by atoms with Crippen LogP contribution < -0.4 is 26.0 Å². The minimum absolute atomic E-state index is 0.0859. The lowest BCUT2D eigenvalue weighted by atomic mass is 10.1. The first-order chi connectivity index (χ1) is 20.7. The fraction of sp³-hybridized carbons (Fsp3) is 0.529. The molecule has 2 aliphatic rings. The predicted molar refractivity (Wildman–Crippen MR) is 173 cm³/mol. The van der Waals surface area contributed by atoms with Gasteiger partial charge in [0.25, 0.3) is 0 Å². The molecule has 4 rings (SSSR count). The van der Waals surface area contributed by atoms with Crippen LogP contribution in [0.4, 0.5) is 4.39 Å². The topological polar surface area (TPSA) is 94.7 Å². The van der Waals surface area contributed by atoms with E-state index in [1.54, 1.807) is 6.07 Å². The first-order valence-electron chi connectivity index (χ1n) is 15.6. The third kappa shape index (κ3) is 15.0. The molecule has 1 saturated heterocycles. The summed E-state index contributed by atoms with van der Waals surface area (Å²) >= 11 is 0. The molecule has 0 radical (unpaired) electrons. The maximum absolute atomic E-state index is 12.9. The third-order valence-corrected chi connectivity index (χ3v) is 6.82. The minimum Gasteiger partial charge on any atom is -0.492 e. The normalized spacial score (nSPS) is 20.6. The highest BCUT2D eigenvalue weighted by molar-refractivity contribution is 5.88. The van der Waals surface area contributed by atoms with Crippen molar-refractivity contribution in [1.29, 1.82) is 0 Å². The molecule has 2 atom stereocenters. The summed E-state index contributed by atoms with van der Waals surface area (Å²) in [4.78, 5) is 27.6. The summed E-state index contributed by atoms with van der Waals surface area (Å²) in [6, 6.07) is 14.1. The smallest absolute Gasteiger partial charge is 0.243 e. The standard InChI is InChI=1S/C24H37N5O3.C7H7F.C3H8/c1-18-14-26-19(2)17-32-22-10-4-3-8-20(22)9-7-11-25-24(31)21(28-23(30)15-27-18)16-29-12-5-6-13-29;1-6-3-2-4-7(8)5-6;1-3-2/h3-4,8,10,19,21,26-27H,1,5-7,9,11-17H2,2H3,(H,25,31)(H,28,30);2-5H,1H3;3H2,1-2H3/t19-,21?;;/m0../s1. The Morgan fingerprint density at radius 2 is 1.72 bits per heavy atom. The summed E-state index contributed by atoms with van der Waals surface area (Å²) in [7, 11) is 0. The lowest BCUT2D eigenvalue weighted by Gasteiger charge is -2.24. The second-order valence-corrected chi connectivity index (χ2v) is 11.2. The van der Waals surface area contributed by atoms with E-state index in [0.717, 1.165) is 55.6 Å². The zero-order chi connectivity index (χ0) is 31.5. The lowest BCUT2D eigenvalue weighted by molar-refractivity contribution is -0.129. The number of carbonyl (C=O) groups excluding carboxylic acids is 2. The number of ether oxygens (including phenoxy) is 1. The zero-order valence-electron chi connectivity index (χ0n) is 26.5. The Balaban J connectivity index is 0.000000494. The van der Waals surface area contributed by atoms with E-state index in [9.17, 15) is 14.0 Å². The number of carbonyl (C=O) groups is 2. The van der Waals surface area contributed by atoms with Gasteiger partial charge in [-0.15, -0.1) is 0 Å². The maximum atomic E-state index is 12.9. The highest BCUT2D eigenvalue weighted by Crippen LogP contribution is 2.19. The van der Waals surface area contributed by atoms with Crippen molar-refractivity contribution in [3.05, 3.63) is 77.8 Å². The summed E-state index contributed by atoms with van der Waals surface area (Å²) in [6.45, 7) is 16.3. The highest BCUT2D eigenvalue weighted by atomic mass is 19.1. The molecule has 0 aromatic heterocycles. The van der Waals surface area contributed by atoms with Crippen molar-refractivity contribution in [3.8, 4) is 5.75 Å². The van der Waals surface area contributed by atoms with Crippen LogP contribution in [0, 0.1) is 12.7 Å². The van der Waals surface area contributed by atoms with Gasteiger partial charge < -0.3 is 30.9 Å². The molecule has 2 aliphatic heterocycles. The van der Waals surface area contributed by atoms with Crippen molar-refractivity contribution in [3.63, 3.8) is 0 Å². The number of benzene rings is 2. The van der Waals surface area contributed by atoms with E-state index in [1.165, 1.54) is 18.6 Å². The number of amides is 2. The molecule has 0 spiro atoms. The Bertz CT molecular complexity index is 1110. The molecule has 2 aromatic rings. The number of aryl methyl sites for hydroxylation is 2. The fourth-order valence-electron chi connectivity index (χ4n) is 4.57. The Morgan fingerprint density at radius 1 is 1.00 bits per heavy atom. The van der Waals surface area contributed by atoms with Crippen molar-refractivity contribution in [1.82, 2.24) is 26.2 Å². The third-order valence-electron chi connectivity index (χ3n) is 6.82. The minimum atomic E-state index is -0.566. The van der Waals surface area contributed by atoms with Crippen molar-refractivity contribution in [2.75, 3.05) is 45.9 Å². The van der Waals surface area contributed by atoms with Gasteiger partial charge in [0.05, 0.1) is 6.54 Å². The van der Waals surface area contributed by atoms with E-state index in [0.29, 0.717) is 31.9 Å². The number of nitrogens with zero attached hydrogens (tertiary/aromatic N) is 1. The van der Waals surface area contributed by atoms with Crippen LogP contribution in [0.2, 0.25) is 0 Å². The predicted octanol–water partition coefficient (Wildman–Crippen LogP) is 4.34. The average Bonchev–Trinajstić information content (AvgIpc) is 3.49. The van der Waals surface area contributed by atoms with Crippen LogP contribution in [0.1, 0.15) is 57.6 Å². The number of hydrogen-bond acceptors (Lipinski definition) is 6. The number of fused-ring (bicyclic) bond motifs is 1. The van der Waals surface area contributed by atoms with Crippen LogP contribution in [0.15, 0.2) is 60.8 Å².